The van der Waals surface area contributed by atoms with Crippen LogP contribution in [0.15, 0.2) is 6.33 Å². The fourth-order valence-electron chi connectivity index (χ4n) is 2.39. The Morgan fingerprint density at radius 3 is 2.89 bits per heavy atom. The maximum absolute atomic E-state index is 6.09. The fourth-order valence-corrected chi connectivity index (χ4v) is 2.66. The van der Waals surface area contributed by atoms with E-state index in [2.05, 4.69) is 46.1 Å². The number of nitrogens with one attached hydrogen (secondary N) is 1. The van der Waals surface area contributed by atoms with E-state index in [4.69, 9.17) is 11.6 Å². The molecule has 1 aliphatic rings. The lowest BCUT2D eigenvalue weighted by Gasteiger charge is -2.37. The van der Waals surface area contributed by atoms with Gasteiger partial charge in [-0.3, -0.25) is 4.90 Å². The average Bonchev–Trinajstić information content (AvgIpc) is 2.40. The third kappa shape index (κ3) is 3.55. The summed E-state index contributed by atoms with van der Waals surface area (Å²) in [6.45, 7) is 6.25. The van der Waals surface area contributed by atoms with Crippen LogP contribution in [0.3, 0.4) is 0 Å². The van der Waals surface area contributed by atoms with Crippen molar-refractivity contribution in [1.82, 2.24) is 19.8 Å². The predicted molar refractivity (Wildman–Crippen MR) is 78.8 cm³/mol. The molecular weight excluding hydrogens is 262 g/mol. The largest absolute Gasteiger partial charge is 0.368 e. The number of nitrogens with zero attached hydrogens (tertiary/aromatic N) is 4. The third-order valence-corrected chi connectivity index (χ3v) is 4.06. The summed E-state index contributed by atoms with van der Waals surface area (Å²) < 4.78 is 0. The molecular formula is C13H22ClN5. The van der Waals surface area contributed by atoms with Crippen LogP contribution >= 0.6 is 11.6 Å². The van der Waals surface area contributed by atoms with Crippen molar-refractivity contribution in [3.8, 4) is 0 Å². The summed E-state index contributed by atoms with van der Waals surface area (Å²) in [4.78, 5) is 13.1. The number of likely N-dealkylation sites (N-methyl/N-ethyl adjacent to an activating group) is 2. The minimum atomic E-state index is 0.497. The molecule has 19 heavy (non-hydrogen) atoms. The first kappa shape index (κ1) is 14.5. The van der Waals surface area contributed by atoms with Crippen molar-refractivity contribution in [3.05, 3.63) is 17.0 Å². The molecule has 0 spiro atoms. The molecule has 1 unspecified atom stereocenters. The van der Waals surface area contributed by atoms with Crippen molar-refractivity contribution in [2.24, 2.45) is 0 Å². The van der Waals surface area contributed by atoms with Crippen molar-refractivity contribution in [2.45, 2.75) is 19.4 Å². The summed E-state index contributed by atoms with van der Waals surface area (Å²) >= 11 is 6.09. The molecule has 1 aromatic rings. The van der Waals surface area contributed by atoms with Crippen LogP contribution in [-0.4, -0.2) is 66.1 Å². The maximum atomic E-state index is 6.09. The Hall–Kier alpha value is -0.910. The van der Waals surface area contributed by atoms with Crippen molar-refractivity contribution < 1.29 is 0 Å². The predicted octanol–water partition coefficient (Wildman–Crippen LogP) is 1.35. The zero-order valence-corrected chi connectivity index (χ0v) is 12.6. The molecule has 1 fully saturated rings. The normalized spacial score (nSPS) is 21.6. The van der Waals surface area contributed by atoms with Gasteiger partial charge in [-0.25, -0.2) is 9.97 Å². The Morgan fingerprint density at radius 1 is 1.37 bits per heavy atom. The molecule has 1 N–H and O–H groups in total. The Bertz CT molecular complexity index is 425. The zero-order chi connectivity index (χ0) is 13.8. The molecule has 0 bridgehead atoms. The molecule has 1 aliphatic heterocycles. The Labute approximate surface area is 120 Å². The number of piperazine rings is 1. The summed E-state index contributed by atoms with van der Waals surface area (Å²) in [6, 6.07) is 0.497. The quantitative estimate of drug-likeness (QED) is 0.845. The van der Waals surface area contributed by atoms with Gasteiger partial charge in [0.1, 0.15) is 17.3 Å². The molecule has 2 rings (SSSR count). The highest BCUT2D eigenvalue weighted by Crippen LogP contribution is 2.20. The van der Waals surface area contributed by atoms with Crippen molar-refractivity contribution >= 4 is 17.4 Å². The highest BCUT2D eigenvalue weighted by atomic mass is 35.5. The van der Waals surface area contributed by atoms with E-state index < -0.39 is 0 Å². The molecule has 0 aliphatic carbocycles. The second-order valence-corrected chi connectivity index (χ2v) is 5.48. The molecule has 0 radical (unpaired) electrons. The molecule has 1 aromatic heterocycles. The molecule has 1 atom stereocenters. The average molecular weight is 284 g/mol. The summed E-state index contributed by atoms with van der Waals surface area (Å²) in [5.74, 6) is 0.865. The van der Waals surface area contributed by atoms with Gasteiger partial charge in [0.25, 0.3) is 0 Å². The van der Waals surface area contributed by atoms with E-state index in [1.165, 1.54) is 6.33 Å². The van der Waals surface area contributed by atoms with Gasteiger partial charge in [-0.15, -0.1) is 0 Å². The summed E-state index contributed by atoms with van der Waals surface area (Å²) in [7, 11) is 4.34. The summed E-state index contributed by atoms with van der Waals surface area (Å²) in [5, 5.41) is 3.97. The molecule has 1 saturated heterocycles. The van der Waals surface area contributed by atoms with Crippen LogP contribution in [0.2, 0.25) is 5.15 Å². The standard InChI is InChI=1S/C13H22ClN5/c1-4-11-12(14)16-9-17-13(11)15-7-10-8-18(2)5-6-19(10)3/h9-10H,4-8H2,1-3H3,(H,15,16,17). The van der Waals surface area contributed by atoms with E-state index in [1.54, 1.807) is 0 Å². The van der Waals surface area contributed by atoms with Crippen LogP contribution in [0.1, 0.15) is 12.5 Å². The minimum absolute atomic E-state index is 0.497. The Morgan fingerprint density at radius 2 is 2.16 bits per heavy atom. The smallest absolute Gasteiger partial charge is 0.137 e. The molecule has 0 amide bonds. The van der Waals surface area contributed by atoms with Gasteiger partial charge < -0.3 is 10.2 Å². The van der Waals surface area contributed by atoms with E-state index >= 15 is 0 Å². The SMILES string of the molecule is CCc1c(Cl)ncnc1NCC1CN(C)CCN1C. The third-order valence-electron chi connectivity index (χ3n) is 3.73. The number of hydrogen-bond donors (Lipinski definition) is 1. The van der Waals surface area contributed by atoms with Gasteiger partial charge in [0, 0.05) is 37.8 Å². The van der Waals surface area contributed by atoms with E-state index in [1.807, 2.05) is 0 Å². The van der Waals surface area contributed by atoms with Crippen LogP contribution in [0.25, 0.3) is 0 Å². The molecule has 5 nitrogen and oxygen atoms in total. The first-order valence-corrected chi connectivity index (χ1v) is 7.11. The van der Waals surface area contributed by atoms with Gasteiger partial charge in [-0.2, -0.15) is 0 Å². The van der Waals surface area contributed by atoms with Gasteiger partial charge in [-0.05, 0) is 20.5 Å². The number of halogens is 1. The monoisotopic (exact) mass is 283 g/mol. The minimum Gasteiger partial charge on any atom is -0.368 e. The lowest BCUT2D eigenvalue weighted by atomic mass is 10.1. The van der Waals surface area contributed by atoms with Gasteiger partial charge in [0.2, 0.25) is 0 Å². The van der Waals surface area contributed by atoms with E-state index in [-0.39, 0.29) is 0 Å². The number of hydrogen-bond acceptors (Lipinski definition) is 5. The van der Waals surface area contributed by atoms with Crippen molar-refractivity contribution in [3.63, 3.8) is 0 Å². The van der Waals surface area contributed by atoms with Crippen LogP contribution in [0.5, 0.6) is 0 Å². The summed E-state index contributed by atoms with van der Waals surface area (Å²) in [6.07, 6.45) is 2.35. The van der Waals surface area contributed by atoms with Gasteiger partial charge in [0.05, 0.1) is 0 Å². The first-order chi connectivity index (χ1) is 9.11. The molecule has 0 aromatic carbocycles. The zero-order valence-electron chi connectivity index (χ0n) is 11.9. The number of rotatable bonds is 4. The van der Waals surface area contributed by atoms with Gasteiger partial charge in [0.15, 0.2) is 0 Å². The highest BCUT2D eigenvalue weighted by Gasteiger charge is 2.22. The van der Waals surface area contributed by atoms with E-state index in [9.17, 15) is 0 Å². The Kier molecular flexibility index (Phi) is 4.96. The second kappa shape index (κ2) is 6.50. The Balaban J connectivity index is 2.00. The van der Waals surface area contributed by atoms with Crippen molar-refractivity contribution in [1.29, 1.82) is 0 Å². The van der Waals surface area contributed by atoms with Crippen LogP contribution in [0, 0.1) is 0 Å². The molecule has 6 heteroatoms. The van der Waals surface area contributed by atoms with Gasteiger partial charge in [-0.1, -0.05) is 18.5 Å². The van der Waals surface area contributed by atoms with E-state index in [0.29, 0.717) is 11.2 Å². The first-order valence-electron chi connectivity index (χ1n) is 6.73. The highest BCUT2D eigenvalue weighted by molar-refractivity contribution is 6.30. The lowest BCUT2D eigenvalue weighted by molar-refractivity contribution is 0.122. The van der Waals surface area contributed by atoms with Crippen LogP contribution < -0.4 is 5.32 Å². The van der Waals surface area contributed by atoms with Gasteiger partial charge >= 0.3 is 0 Å². The molecule has 2 heterocycles. The maximum Gasteiger partial charge on any atom is 0.137 e. The fraction of sp³-hybridized carbons (Fsp3) is 0.692. The number of anilines is 1. The topological polar surface area (TPSA) is 44.3 Å². The lowest BCUT2D eigenvalue weighted by Crippen LogP contribution is -2.52. The van der Waals surface area contributed by atoms with Crippen molar-refractivity contribution in [2.75, 3.05) is 45.6 Å². The second-order valence-electron chi connectivity index (χ2n) is 5.12. The van der Waals surface area contributed by atoms with E-state index in [0.717, 1.165) is 44.0 Å². The molecule has 106 valence electrons. The van der Waals surface area contributed by atoms with Crippen LogP contribution in [0.4, 0.5) is 5.82 Å². The van der Waals surface area contributed by atoms with Crippen LogP contribution in [-0.2, 0) is 6.42 Å². The number of aromatic nitrogens is 2. The molecule has 0 saturated carbocycles. The summed E-state index contributed by atoms with van der Waals surface area (Å²) in [5.41, 5.74) is 0.996.